The van der Waals surface area contributed by atoms with Gasteiger partial charge in [-0.3, -0.25) is 0 Å². The van der Waals surface area contributed by atoms with E-state index < -0.39 is 5.66 Å². The quantitative estimate of drug-likeness (QED) is 0.371. The summed E-state index contributed by atoms with van der Waals surface area (Å²) >= 11 is 0. The van der Waals surface area contributed by atoms with E-state index in [0.29, 0.717) is 13.1 Å². The molecule has 0 heterocycles. The molecule has 0 saturated carbocycles. The summed E-state index contributed by atoms with van der Waals surface area (Å²) in [6.45, 7) is 1.03. The fraction of sp³-hybridized carbons (Fsp3) is 0.400. The number of nitrogens with two attached hydrogens (primary N) is 2. The Balaban J connectivity index is 2.56. The summed E-state index contributed by atoms with van der Waals surface area (Å²) in [4.78, 5) is 0. The van der Waals surface area contributed by atoms with E-state index in [9.17, 15) is 0 Å². The fourth-order valence-corrected chi connectivity index (χ4v) is 1.22. The summed E-state index contributed by atoms with van der Waals surface area (Å²) in [5, 5.41) is 11.6. The lowest BCUT2D eigenvalue weighted by atomic mass is 10.0. The van der Waals surface area contributed by atoms with Crippen LogP contribution in [0.2, 0.25) is 0 Å². The smallest absolute Gasteiger partial charge is 0.103 e. The van der Waals surface area contributed by atoms with E-state index in [1.165, 1.54) is 0 Å². The highest BCUT2D eigenvalue weighted by Crippen LogP contribution is 2.10. The second-order valence-electron chi connectivity index (χ2n) is 3.31. The maximum atomic E-state index is 8.59. The average molecular weight is 195 g/mol. The molecule has 0 aliphatic heterocycles. The third-order valence-electron chi connectivity index (χ3n) is 2.02. The first-order valence-corrected chi connectivity index (χ1v) is 4.61. The molecule has 0 aliphatic rings. The van der Waals surface area contributed by atoms with Crippen LogP contribution in [0.4, 0.5) is 0 Å². The van der Waals surface area contributed by atoms with Crippen LogP contribution < -0.4 is 16.8 Å². The zero-order chi connectivity index (χ0) is 10.4. The first kappa shape index (κ1) is 11.1. The largest absolute Gasteiger partial charge is 0.395 e. The number of hydrogen-bond acceptors (Lipinski definition) is 4. The molecule has 0 spiro atoms. The Labute approximate surface area is 83.9 Å². The predicted molar refractivity (Wildman–Crippen MR) is 56.5 cm³/mol. The Morgan fingerprint density at radius 2 is 1.86 bits per heavy atom. The maximum absolute atomic E-state index is 8.59. The van der Waals surface area contributed by atoms with Crippen molar-refractivity contribution in [3.05, 3.63) is 35.9 Å². The van der Waals surface area contributed by atoms with E-state index in [1.807, 2.05) is 30.3 Å². The number of benzene rings is 1. The van der Waals surface area contributed by atoms with Crippen LogP contribution in [-0.2, 0) is 5.66 Å². The standard InChI is InChI=1S/C10H17N3O/c11-10(12,8-13-6-7-14)9-4-2-1-3-5-9/h1-5,13-14H,6-8,11-12H2. The van der Waals surface area contributed by atoms with Gasteiger partial charge >= 0.3 is 0 Å². The Hall–Kier alpha value is -0.940. The predicted octanol–water partition coefficient (Wildman–Crippen LogP) is -0.661. The molecule has 0 unspecified atom stereocenters. The van der Waals surface area contributed by atoms with Gasteiger partial charge in [0.1, 0.15) is 5.66 Å². The van der Waals surface area contributed by atoms with Gasteiger partial charge < -0.3 is 21.9 Å². The molecule has 78 valence electrons. The topological polar surface area (TPSA) is 84.3 Å². The van der Waals surface area contributed by atoms with Crippen molar-refractivity contribution in [2.75, 3.05) is 19.7 Å². The van der Waals surface area contributed by atoms with Crippen molar-refractivity contribution < 1.29 is 5.11 Å². The molecule has 1 rings (SSSR count). The van der Waals surface area contributed by atoms with E-state index in [1.54, 1.807) is 0 Å². The summed E-state index contributed by atoms with van der Waals surface area (Å²) in [6.07, 6.45) is 0. The number of aliphatic hydroxyl groups excluding tert-OH is 1. The van der Waals surface area contributed by atoms with E-state index in [-0.39, 0.29) is 6.61 Å². The third kappa shape index (κ3) is 3.08. The molecule has 0 amide bonds. The molecular weight excluding hydrogens is 178 g/mol. The van der Waals surface area contributed by atoms with Gasteiger partial charge in [0.25, 0.3) is 0 Å². The number of nitrogens with one attached hydrogen (secondary N) is 1. The average Bonchev–Trinajstić information content (AvgIpc) is 2.19. The molecule has 0 bridgehead atoms. The van der Waals surface area contributed by atoms with Crippen molar-refractivity contribution in [1.29, 1.82) is 0 Å². The van der Waals surface area contributed by atoms with Gasteiger partial charge in [-0.25, -0.2) is 0 Å². The Bertz CT molecular complexity index is 261. The van der Waals surface area contributed by atoms with Crippen molar-refractivity contribution in [2.24, 2.45) is 11.5 Å². The summed E-state index contributed by atoms with van der Waals surface area (Å²) in [5.41, 5.74) is 11.8. The van der Waals surface area contributed by atoms with Gasteiger partial charge in [0, 0.05) is 13.1 Å². The molecule has 0 aliphatic carbocycles. The van der Waals surface area contributed by atoms with E-state index >= 15 is 0 Å². The number of aliphatic hydroxyl groups is 1. The highest BCUT2D eigenvalue weighted by Gasteiger charge is 2.20. The first-order chi connectivity index (χ1) is 6.67. The minimum atomic E-state index is -0.879. The van der Waals surface area contributed by atoms with Crippen LogP contribution in [-0.4, -0.2) is 24.8 Å². The van der Waals surface area contributed by atoms with Crippen molar-refractivity contribution in [3.63, 3.8) is 0 Å². The lowest BCUT2D eigenvalue weighted by Crippen LogP contribution is -2.53. The van der Waals surface area contributed by atoms with Crippen LogP contribution in [0.3, 0.4) is 0 Å². The van der Waals surface area contributed by atoms with Gasteiger partial charge in [0.05, 0.1) is 6.61 Å². The summed E-state index contributed by atoms with van der Waals surface area (Å²) in [6, 6.07) is 9.49. The Morgan fingerprint density at radius 1 is 1.21 bits per heavy atom. The van der Waals surface area contributed by atoms with Crippen LogP contribution in [0, 0.1) is 0 Å². The molecule has 0 fully saturated rings. The third-order valence-corrected chi connectivity index (χ3v) is 2.02. The van der Waals surface area contributed by atoms with Gasteiger partial charge in [-0.1, -0.05) is 30.3 Å². The summed E-state index contributed by atoms with van der Waals surface area (Å²) < 4.78 is 0. The molecule has 0 radical (unpaired) electrons. The van der Waals surface area contributed by atoms with E-state index in [0.717, 1.165) is 5.56 Å². The molecule has 14 heavy (non-hydrogen) atoms. The van der Waals surface area contributed by atoms with E-state index in [2.05, 4.69) is 5.32 Å². The zero-order valence-electron chi connectivity index (χ0n) is 8.11. The first-order valence-electron chi connectivity index (χ1n) is 4.61. The molecule has 4 heteroatoms. The molecule has 0 saturated heterocycles. The van der Waals surface area contributed by atoms with Gasteiger partial charge in [0.15, 0.2) is 0 Å². The van der Waals surface area contributed by atoms with Crippen molar-refractivity contribution in [2.45, 2.75) is 5.66 Å². The lowest BCUT2D eigenvalue weighted by Gasteiger charge is -2.25. The van der Waals surface area contributed by atoms with Crippen molar-refractivity contribution in [1.82, 2.24) is 5.32 Å². The van der Waals surface area contributed by atoms with Crippen molar-refractivity contribution in [3.8, 4) is 0 Å². The SMILES string of the molecule is NC(N)(CNCCO)c1ccccc1. The molecule has 6 N–H and O–H groups in total. The molecule has 0 atom stereocenters. The minimum absolute atomic E-state index is 0.0882. The Morgan fingerprint density at radius 3 is 2.43 bits per heavy atom. The molecule has 1 aromatic rings. The summed E-state index contributed by atoms with van der Waals surface area (Å²) in [5.74, 6) is 0. The number of rotatable bonds is 5. The van der Waals surface area contributed by atoms with Gasteiger partial charge in [0.2, 0.25) is 0 Å². The van der Waals surface area contributed by atoms with Crippen LogP contribution in [0.25, 0.3) is 0 Å². The van der Waals surface area contributed by atoms with Crippen LogP contribution in [0.15, 0.2) is 30.3 Å². The maximum Gasteiger partial charge on any atom is 0.103 e. The number of hydrogen-bond donors (Lipinski definition) is 4. The second-order valence-corrected chi connectivity index (χ2v) is 3.31. The van der Waals surface area contributed by atoms with Crippen molar-refractivity contribution >= 4 is 0 Å². The lowest BCUT2D eigenvalue weighted by molar-refractivity contribution is 0.284. The zero-order valence-corrected chi connectivity index (χ0v) is 8.11. The van der Waals surface area contributed by atoms with Gasteiger partial charge in [-0.05, 0) is 5.56 Å². The molecule has 4 nitrogen and oxygen atoms in total. The highest BCUT2D eigenvalue weighted by molar-refractivity contribution is 5.22. The van der Waals surface area contributed by atoms with Crippen LogP contribution in [0.5, 0.6) is 0 Å². The molecular formula is C10H17N3O. The van der Waals surface area contributed by atoms with Gasteiger partial charge in [-0.15, -0.1) is 0 Å². The van der Waals surface area contributed by atoms with Crippen LogP contribution in [0.1, 0.15) is 5.56 Å². The fourth-order valence-electron chi connectivity index (χ4n) is 1.22. The second kappa shape index (κ2) is 5.07. The van der Waals surface area contributed by atoms with E-state index in [4.69, 9.17) is 16.6 Å². The summed E-state index contributed by atoms with van der Waals surface area (Å²) in [7, 11) is 0. The minimum Gasteiger partial charge on any atom is -0.395 e. The monoisotopic (exact) mass is 195 g/mol. The Kier molecular flexibility index (Phi) is 4.03. The van der Waals surface area contributed by atoms with Gasteiger partial charge in [-0.2, -0.15) is 0 Å². The molecule has 0 aromatic heterocycles. The van der Waals surface area contributed by atoms with Crippen LogP contribution >= 0.6 is 0 Å². The highest BCUT2D eigenvalue weighted by atomic mass is 16.3. The normalized spacial score (nSPS) is 11.6. The molecule has 1 aromatic carbocycles.